The van der Waals surface area contributed by atoms with E-state index in [1.54, 1.807) is 0 Å². The molecule has 0 aliphatic heterocycles. The fraction of sp³-hybridized carbons (Fsp3) is 0.158. The van der Waals surface area contributed by atoms with Crippen molar-refractivity contribution in [1.82, 2.24) is 4.98 Å². The van der Waals surface area contributed by atoms with Crippen LogP contribution in [0.25, 0.3) is 22.2 Å². The summed E-state index contributed by atoms with van der Waals surface area (Å²) in [5.74, 6) is -0.835. The molecule has 0 atom stereocenters. The summed E-state index contributed by atoms with van der Waals surface area (Å²) in [6, 6.07) is 17.2. The fourth-order valence-corrected chi connectivity index (χ4v) is 2.84. The van der Waals surface area contributed by atoms with Gasteiger partial charge in [-0.05, 0) is 17.5 Å². The van der Waals surface area contributed by atoms with E-state index in [0.29, 0.717) is 16.5 Å². The molecule has 3 heteroatoms. The van der Waals surface area contributed by atoms with Gasteiger partial charge in [0.15, 0.2) is 0 Å². The molecule has 0 saturated carbocycles. The Hall–Kier alpha value is -2.68. The van der Waals surface area contributed by atoms with Crippen LogP contribution in [0.3, 0.4) is 0 Å². The molecule has 3 nitrogen and oxygen atoms in total. The average molecular weight is 291 g/mol. The van der Waals surface area contributed by atoms with Gasteiger partial charge < -0.3 is 5.11 Å². The van der Waals surface area contributed by atoms with Crippen molar-refractivity contribution in [1.29, 1.82) is 0 Å². The molecular weight excluding hydrogens is 274 g/mol. The summed E-state index contributed by atoms with van der Waals surface area (Å²) in [4.78, 5) is 16.6. The Labute approximate surface area is 129 Å². The lowest BCUT2D eigenvalue weighted by Gasteiger charge is -2.17. The van der Waals surface area contributed by atoms with E-state index in [-0.39, 0.29) is 5.92 Å². The minimum atomic E-state index is -0.903. The minimum absolute atomic E-state index is 0.0680. The SMILES string of the molecule is CC(C)c1c(-c2ccccc2)nc2ccccc2c1C(=O)O. The van der Waals surface area contributed by atoms with E-state index in [0.717, 1.165) is 16.8 Å². The van der Waals surface area contributed by atoms with Crippen LogP contribution in [0.4, 0.5) is 0 Å². The Bertz CT molecular complexity index is 839. The third kappa shape index (κ3) is 2.35. The van der Waals surface area contributed by atoms with Gasteiger partial charge in [-0.3, -0.25) is 0 Å². The zero-order valence-electron chi connectivity index (χ0n) is 12.6. The number of hydrogen-bond donors (Lipinski definition) is 1. The summed E-state index contributed by atoms with van der Waals surface area (Å²) < 4.78 is 0. The highest BCUT2D eigenvalue weighted by Crippen LogP contribution is 2.34. The van der Waals surface area contributed by atoms with Crippen molar-refractivity contribution in [2.24, 2.45) is 0 Å². The standard InChI is InChI=1S/C19H17NO2/c1-12(2)16-17(19(21)22)14-10-6-7-11-15(14)20-18(16)13-8-4-3-5-9-13/h3-12H,1-2H3,(H,21,22). The van der Waals surface area contributed by atoms with E-state index in [9.17, 15) is 9.90 Å². The van der Waals surface area contributed by atoms with Gasteiger partial charge in [0.05, 0.1) is 16.8 Å². The number of pyridine rings is 1. The predicted octanol–water partition coefficient (Wildman–Crippen LogP) is 4.72. The number of benzene rings is 2. The van der Waals surface area contributed by atoms with Crippen LogP contribution in [-0.2, 0) is 0 Å². The monoisotopic (exact) mass is 291 g/mol. The first kappa shape index (κ1) is 14.3. The zero-order valence-corrected chi connectivity index (χ0v) is 12.6. The predicted molar refractivity (Wildman–Crippen MR) is 88.2 cm³/mol. The fourth-order valence-electron chi connectivity index (χ4n) is 2.84. The van der Waals surface area contributed by atoms with Crippen molar-refractivity contribution in [2.45, 2.75) is 19.8 Å². The molecule has 3 aromatic rings. The molecule has 0 aliphatic carbocycles. The molecule has 3 rings (SSSR count). The van der Waals surface area contributed by atoms with Crippen LogP contribution >= 0.6 is 0 Å². The van der Waals surface area contributed by atoms with Crippen molar-refractivity contribution in [3.05, 3.63) is 65.7 Å². The second kappa shape index (κ2) is 5.60. The molecule has 22 heavy (non-hydrogen) atoms. The van der Waals surface area contributed by atoms with Crippen molar-refractivity contribution in [3.63, 3.8) is 0 Å². The number of carbonyl (C=O) groups is 1. The molecular formula is C19H17NO2. The van der Waals surface area contributed by atoms with Crippen LogP contribution in [0, 0.1) is 0 Å². The molecule has 1 N–H and O–H groups in total. The number of aromatic nitrogens is 1. The van der Waals surface area contributed by atoms with Gasteiger partial charge in [-0.2, -0.15) is 0 Å². The molecule has 0 spiro atoms. The lowest BCUT2D eigenvalue weighted by atomic mass is 9.90. The summed E-state index contributed by atoms with van der Waals surface area (Å²) >= 11 is 0. The Kier molecular flexibility index (Phi) is 3.63. The maximum atomic E-state index is 11.9. The van der Waals surface area contributed by atoms with Gasteiger partial charge in [0, 0.05) is 10.9 Å². The molecule has 0 radical (unpaired) electrons. The molecule has 0 amide bonds. The summed E-state index contributed by atoms with van der Waals surface area (Å²) in [6.07, 6.45) is 0. The molecule has 0 bridgehead atoms. The van der Waals surface area contributed by atoms with E-state index in [1.165, 1.54) is 0 Å². The Balaban J connectivity index is 2.46. The number of carboxylic acid groups (broad SMARTS) is 1. The highest BCUT2D eigenvalue weighted by atomic mass is 16.4. The van der Waals surface area contributed by atoms with Gasteiger partial charge in [0.2, 0.25) is 0 Å². The van der Waals surface area contributed by atoms with Crippen LogP contribution < -0.4 is 0 Å². The van der Waals surface area contributed by atoms with Crippen molar-refractivity contribution >= 4 is 16.9 Å². The van der Waals surface area contributed by atoms with E-state index in [4.69, 9.17) is 4.98 Å². The number of nitrogens with zero attached hydrogens (tertiary/aromatic N) is 1. The number of aromatic carboxylic acids is 1. The van der Waals surface area contributed by atoms with Crippen molar-refractivity contribution in [3.8, 4) is 11.3 Å². The third-order valence-corrected chi connectivity index (χ3v) is 3.77. The quantitative estimate of drug-likeness (QED) is 0.759. The van der Waals surface area contributed by atoms with Crippen LogP contribution in [0.5, 0.6) is 0 Å². The Morgan fingerprint density at radius 1 is 1.00 bits per heavy atom. The van der Waals surface area contributed by atoms with Crippen LogP contribution in [-0.4, -0.2) is 16.1 Å². The normalized spacial score (nSPS) is 11.0. The number of para-hydroxylation sites is 1. The average Bonchev–Trinajstić information content (AvgIpc) is 2.53. The summed E-state index contributed by atoms with van der Waals surface area (Å²) in [7, 11) is 0. The van der Waals surface area contributed by atoms with E-state index >= 15 is 0 Å². The van der Waals surface area contributed by atoms with Gasteiger partial charge >= 0.3 is 5.97 Å². The summed E-state index contributed by atoms with van der Waals surface area (Å²) in [6.45, 7) is 4.01. The van der Waals surface area contributed by atoms with Crippen molar-refractivity contribution in [2.75, 3.05) is 0 Å². The molecule has 0 unspecified atom stereocenters. The Morgan fingerprint density at radius 3 is 2.27 bits per heavy atom. The maximum Gasteiger partial charge on any atom is 0.336 e. The highest BCUT2D eigenvalue weighted by Gasteiger charge is 2.22. The summed E-state index contributed by atoms with van der Waals surface area (Å²) in [5, 5.41) is 10.4. The third-order valence-electron chi connectivity index (χ3n) is 3.77. The minimum Gasteiger partial charge on any atom is -0.478 e. The molecule has 110 valence electrons. The van der Waals surface area contributed by atoms with Gasteiger partial charge in [-0.25, -0.2) is 9.78 Å². The van der Waals surface area contributed by atoms with E-state index in [2.05, 4.69) is 0 Å². The summed E-state index contributed by atoms with van der Waals surface area (Å²) in [5.41, 5.74) is 3.56. The Morgan fingerprint density at radius 2 is 1.64 bits per heavy atom. The first-order valence-corrected chi connectivity index (χ1v) is 7.31. The highest BCUT2D eigenvalue weighted by molar-refractivity contribution is 6.05. The molecule has 0 aliphatic rings. The number of hydrogen-bond acceptors (Lipinski definition) is 2. The topological polar surface area (TPSA) is 50.2 Å². The second-order valence-corrected chi connectivity index (χ2v) is 5.59. The van der Waals surface area contributed by atoms with Crippen LogP contribution in [0.1, 0.15) is 35.7 Å². The smallest absolute Gasteiger partial charge is 0.336 e. The molecule has 1 heterocycles. The van der Waals surface area contributed by atoms with E-state index < -0.39 is 5.97 Å². The van der Waals surface area contributed by atoms with E-state index in [1.807, 2.05) is 68.4 Å². The van der Waals surface area contributed by atoms with Crippen molar-refractivity contribution < 1.29 is 9.90 Å². The largest absolute Gasteiger partial charge is 0.478 e. The second-order valence-electron chi connectivity index (χ2n) is 5.59. The maximum absolute atomic E-state index is 11.9. The van der Waals surface area contributed by atoms with Gasteiger partial charge in [0.25, 0.3) is 0 Å². The molecule has 0 saturated heterocycles. The lowest BCUT2D eigenvalue weighted by Crippen LogP contribution is -2.09. The molecule has 1 aromatic heterocycles. The molecule has 0 fully saturated rings. The first-order valence-electron chi connectivity index (χ1n) is 7.31. The first-order chi connectivity index (χ1) is 10.6. The van der Waals surface area contributed by atoms with Crippen LogP contribution in [0.2, 0.25) is 0 Å². The number of fused-ring (bicyclic) bond motifs is 1. The zero-order chi connectivity index (χ0) is 15.7. The lowest BCUT2D eigenvalue weighted by molar-refractivity contribution is 0.0697. The number of carboxylic acids is 1. The van der Waals surface area contributed by atoms with Gasteiger partial charge in [-0.15, -0.1) is 0 Å². The van der Waals surface area contributed by atoms with Gasteiger partial charge in [0.1, 0.15) is 0 Å². The van der Waals surface area contributed by atoms with Gasteiger partial charge in [-0.1, -0.05) is 62.4 Å². The number of rotatable bonds is 3. The molecule has 2 aromatic carbocycles. The van der Waals surface area contributed by atoms with Crippen LogP contribution in [0.15, 0.2) is 54.6 Å².